The standard InChI is InChI=1S/C19H22N4O3S/c1-12-4-5-15(8-16-3-2-6-27-16)23(11-12)19(26)18(25)22-14-7-13(17(20)24)9-21-10-14/h2-3,6-7,9-10,12,15H,4-5,8,11H2,1H3,(H2,20,24)(H,22,25)/t12-,15?/m0/s1. The Morgan fingerprint density at radius 3 is 2.85 bits per heavy atom. The van der Waals surface area contributed by atoms with Crippen LogP contribution < -0.4 is 11.1 Å². The average Bonchev–Trinajstić information content (AvgIpc) is 3.16. The fourth-order valence-electron chi connectivity index (χ4n) is 3.29. The summed E-state index contributed by atoms with van der Waals surface area (Å²) in [5.41, 5.74) is 5.66. The summed E-state index contributed by atoms with van der Waals surface area (Å²) in [4.78, 5) is 43.3. The van der Waals surface area contributed by atoms with Gasteiger partial charge in [-0.1, -0.05) is 13.0 Å². The van der Waals surface area contributed by atoms with Crippen molar-refractivity contribution >= 4 is 34.7 Å². The van der Waals surface area contributed by atoms with Crippen LogP contribution in [0.4, 0.5) is 5.69 Å². The minimum atomic E-state index is -0.733. The van der Waals surface area contributed by atoms with Gasteiger partial charge in [0, 0.05) is 30.1 Å². The van der Waals surface area contributed by atoms with E-state index in [-0.39, 0.29) is 17.3 Å². The third-order valence-corrected chi connectivity index (χ3v) is 5.59. The topological polar surface area (TPSA) is 105 Å². The highest BCUT2D eigenvalue weighted by Crippen LogP contribution is 2.26. The van der Waals surface area contributed by atoms with E-state index in [9.17, 15) is 14.4 Å². The highest BCUT2D eigenvalue weighted by Gasteiger charge is 2.33. The number of anilines is 1. The maximum Gasteiger partial charge on any atom is 0.313 e. The van der Waals surface area contributed by atoms with E-state index in [2.05, 4.69) is 17.2 Å². The van der Waals surface area contributed by atoms with Crippen molar-refractivity contribution < 1.29 is 14.4 Å². The van der Waals surface area contributed by atoms with Crippen LogP contribution in [-0.4, -0.2) is 40.2 Å². The number of carbonyl (C=O) groups excluding carboxylic acids is 3. The van der Waals surface area contributed by atoms with Crippen molar-refractivity contribution in [2.75, 3.05) is 11.9 Å². The molecule has 7 nitrogen and oxygen atoms in total. The summed E-state index contributed by atoms with van der Waals surface area (Å²) in [7, 11) is 0. The molecule has 2 atom stereocenters. The Kier molecular flexibility index (Phi) is 5.85. The number of amides is 3. The van der Waals surface area contributed by atoms with Gasteiger partial charge in [-0.2, -0.15) is 0 Å². The van der Waals surface area contributed by atoms with Crippen LogP contribution in [-0.2, 0) is 16.0 Å². The summed E-state index contributed by atoms with van der Waals surface area (Å²) in [6, 6.07) is 5.45. The highest BCUT2D eigenvalue weighted by molar-refractivity contribution is 7.09. The summed E-state index contributed by atoms with van der Waals surface area (Å²) in [5.74, 6) is -1.59. The van der Waals surface area contributed by atoms with E-state index in [0.717, 1.165) is 19.3 Å². The summed E-state index contributed by atoms with van der Waals surface area (Å²) < 4.78 is 0. The molecule has 3 N–H and O–H groups in total. The number of nitrogens with one attached hydrogen (secondary N) is 1. The molecule has 3 heterocycles. The fourth-order valence-corrected chi connectivity index (χ4v) is 4.07. The number of piperidine rings is 1. The van der Waals surface area contributed by atoms with Gasteiger partial charge < -0.3 is 16.0 Å². The van der Waals surface area contributed by atoms with Crippen molar-refractivity contribution in [1.29, 1.82) is 0 Å². The van der Waals surface area contributed by atoms with Gasteiger partial charge in [0.2, 0.25) is 5.91 Å². The van der Waals surface area contributed by atoms with Gasteiger partial charge in [-0.3, -0.25) is 19.4 Å². The molecule has 2 aromatic heterocycles. The van der Waals surface area contributed by atoms with Crippen molar-refractivity contribution in [3.8, 4) is 0 Å². The second-order valence-electron chi connectivity index (χ2n) is 6.86. The van der Waals surface area contributed by atoms with Crippen LogP contribution in [0.1, 0.15) is 35.0 Å². The molecule has 3 rings (SSSR count). The molecule has 3 amide bonds. The van der Waals surface area contributed by atoms with Crippen molar-refractivity contribution in [2.45, 2.75) is 32.2 Å². The lowest BCUT2D eigenvalue weighted by atomic mass is 9.92. The zero-order valence-corrected chi connectivity index (χ0v) is 15.9. The first kappa shape index (κ1) is 19.0. The number of rotatable bonds is 4. The van der Waals surface area contributed by atoms with Crippen molar-refractivity contribution in [3.05, 3.63) is 46.4 Å². The quantitative estimate of drug-likeness (QED) is 0.785. The largest absolute Gasteiger partial charge is 0.366 e. The van der Waals surface area contributed by atoms with E-state index < -0.39 is 17.7 Å². The number of aromatic nitrogens is 1. The molecular formula is C19H22N4O3S. The highest BCUT2D eigenvalue weighted by atomic mass is 32.1. The maximum absolute atomic E-state index is 12.8. The number of thiophene rings is 1. The minimum absolute atomic E-state index is 0.00757. The number of hydrogen-bond donors (Lipinski definition) is 2. The van der Waals surface area contributed by atoms with Crippen LogP contribution in [0, 0.1) is 5.92 Å². The molecule has 1 aliphatic rings. The molecule has 27 heavy (non-hydrogen) atoms. The van der Waals surface area contributed by atoms with Gasteiger partial charge in [-0.25, -0.2) is 0 Å². The number of primary amides is 1. The van der Waals surface area contributed by atoms with Crippen LogP contribution >= 0.6 is 11.3 Å². The first-order valence-corrected chi connectivity index (χ1v) is 9.71. The van der Waals surface area contributed by atoms with E-state index >= 15 is 0 Å². The van der Waals surface area contributed by atoms with Crippen LogP contribution in [0.5, 0.6) is 0 Å². The maximum atomic E-state index is 12.8. The summed E-state index contributed by atoms with van der Waals surface area (Å²) in [6.45, 7) is 2.64. The van der Waals surface area contributed by atoms with Crippen LogP contribution in [0.3, 0.4) is 0 Å². The van der Waals surface area contributed by atoms with Crippen molar-refractivity contribution in [2.24, 2.45) is 11.7 Å². The number of hydrogen-bond acceptors (Lipinski definition) is 5. The minimum Gasteiger partial charge on any atom is -0.366 e. The van der Waals surface area contributed by atoms with Gasteiger partial charge >= 0.3 is 11.8 Å². The normalized spacial score (nSPS) is 19.5. The fraction of sp³-hybridized carbons (Fsp3) is 0.368. The molecule has 1 aliphatic heterocycles. The van der Waals surface area contributed by atoms with Gasteiger partial charge in [-0.05, 0) is 36.3 Å². The summed E-state index contributed by atoms with van der Waals surface area (Å²) in [5, 5.41) is 4.54. The smallest absolute Gasteiger partial charge is 0.313 e. The zero-order chi connectivity index (χ0) is 19.4. The monoisotopic (exact) mass is 386 g/mol. The van der Waals surface area contributed by atoms with Crippen molar-refractivity contribution in [1.82, 2.24) is 9.88 Å². The molecule has 8 heteroatoms. The molecule has 0 aliphatic carbocycles. The molecule has 0 radical (unpaired) electrons. The second kappa shape index (κ2) is 8.30. The van der Waals surface area contributed by atoms with Gasteiger partial charge in [0.25, 0.3) is 0 Å². The Bertz CT molecular complexity index is 837. The van der Waals surface area contributed by atoms with Crippen LogP contribution in [0.25, 0.3) is 0 Å². The lowest BCUT2D eigenvalue weighted by molar-refractivity contribution is -0.146. The molecule has 2 aromatic rings. The van der Waals surface area contributed by atoms with Crippen LogP contribution in [0.2, 0.25) is 0 Å². The Morgan fingerprint density at radius 1 is 1.33 bits per heavy atom. The average molecular weight is 386 g/mol. The Morgan fingerprint density at radius 2 is 2.15 bits per heavy atom. The lowest BCUT2D eigenvalue weighted by Crippen LogP contribution is -2.51. The van der Waals surface area contributed by atoms with E-state index in [1.165, 1.54) is 23.3 Å². The molecule has 142 valence electrons. The number of pyridine rings is 1. The van der Waals surface area contributed by atoms with E-state index in [1.807, 2.05) is 17.5 Å². The Labute approximate surface area is 161 Å². The third-order valence-electron chi connectivity index (χ3n) is 4.69. The molecule has 1 unspecified atom stereocenters. The van der Waals surface area contributed by atoms with Gasteiger partial charge in [0.1, 0.15) is 0 Å². The van der Waals surface area contributed by atoms with E-state index in [4.69, 9.17) is 5.73 Å². The Hall–Kier alpha value is -2.74. The number of nitrogens with zero attached hydrogens (tertiary/aromatic N) is 2. The summed E-state index contributed by atoms with van der Waals surface area (Å²) in [6.07, 6.45) is 5.34. The van der Waals surface area contributed by atoms with E-state index in [0.29, 0.717) is 12.5 Å². The molecule has 0 spiro atoms. The van der Waals surface area contributed by atoms with Gasteiger partial charge in [0.05, 0.1) is 17.4 Å². The molecule has 0 bridgehead atoms. The summed E-state index contributed by atoms with van der Waals surface area (Å²) >= 11 is 1.66. The molecular weight excluding hydrogens is 364 g/mol. The Balaban J connectivity index is 1.71. The first-order valence-electron chi connectivity index (χ1n) is 8.83. The molecule has 1 fully saturated rings. The van der Waals surface area contributed by atoms with Gasteiger partial charge in [0.15, 0.2) is 0 Å². The van der Waals surface area contributed by atoms with E-state index in [1.54, 1.807) is 16.2 Å². The molecule has 0 aromatic carbocycles. The number of nitrogens with two attached hydrogens (primary N) is 1. The third kappa shape index (κ3) is 4.71. The second-order valence-corrected chi connectivity index (χ2v) is 7.89. The SMILES string of the molecule is C[C@H]1CCC(Cc2cccs2)N(C(=O)C(=O)Nc2cncc(C(N)=O)c2)C1. The lowest BCUT2D eigenvalue weighted by Gasteiger charge is -2.38. The number of carbonyl (C=O) groups is 3. The molecule has 1 saturated heterocycles. The van der Waals surface area contributed by atoms with Gasteiger partial charge in [-0.15, -0.1) is 11.3 Å². The van der Waals surface area contributed by atoms with Crippen molar-refractivity contribution in [3.63, 3.8) is 0 Å². The zero-order valence-electron chi connectivity index (χ0n) is 15.1. The predicted octanol–water partition coefficient (Wildman–Crippen LogP) is 2.05. The van der Waals surface area contributed by atoms with Crippen LogP contribution in [0.15, 0.2) is 36.0 Å². The molecule has 0 saturated carbocycles. The first-order chi connectivity index (χ1) is 12.9. The predicted molar refractivity (Wildman–Crippen MR) is 103 cm³/mol. The number of likely N-dealkylation sites (tertiary alicyclic amines) is 1.